The van der Waals surface area contributed by atoms with Gasteiger partial charge in [0.2, 0.25) is 0 Å². The Kier molecular flexibility index (Phi) is 19.1. The number of aromatic nitrogens is 2. The standard InChI is InChI=1S/C20H19Cl2F3N2O2.C19H17Cl2F3N2O3.C13H18ClNO/c1-11-5-7-19(29,10-11)17(12-3-2-4-13(21)9-12)27-18(28)16-15(22)14(6-8-26-16)20(23,24)25;20-11-3-1-2-10(8-11)16(18(29)6-4-12(27)9-18)26-17(28)15-14(21)13(5-7-25-15)19(22,23)24;1-9-5-6-13(16,8-9)12(15)10-3-2-4-11(14)7-10/h2-4,6,8-9,11,17,29H,5,7,10H2,1H3,(H,27,28);1-3,5,7-8,12,16,27,29H,4,6,9H2,(H,26,28);2-4,7,9,12,16H,5-6,8,15H2,1H3. The van der Waals surface area contributed by atoms with Crippen molar-refractivity contribution < 1.29 is 56.4 Å². The molecular weight excluding hydrogens is 1080 g/mol. The van der Waals surface area contributed by atoms with Crippen molar-refractivity contribution in [3.8, 4) is 0 Å². The number of hydrogen-bond acceptors (Lipinski definition) is 9. The lowest BCUT2D eigenvalue weighted by molar-refractivity contribution is -0.138. The van der Waals surface area contributed by atoms with E-state index in [1.165, 1.54) is 6.07 Å². The Morgan fingerprint density at radius 3 is 1.31 bits per heavy atom. The molecule has 9 atom stereocenters. The lowest BCUT2D eigenvalue weighted by atomic mass is 9.86. The molecule has 74 heavy (non-hydrogen) atoms. The molecule has 0 radical (unpaired) electrons. The fourth-order valence-corrected chi connectivity index (χ4v) is 11.1. The summed E-state index contributed by atoms with van der Waals surface area (Å²) in [7, 11) is 0. The van der Waals surface area contributed by atoms with E-state index >= 15 is 0 Å². The second-order valence-corrected chi connectivity index (χ2v) is 21.5. The third-order valence-electron chi connectivity index (χ3n) is 13.6. The number of hydrogen-bond donors (Lipinski definition) is 7. The van der Waals surface area contributed by atoms with Crippen LogP contribution in [0.15, 0.2) is 97.3 Å². The lowest BCUT2D eigenvalue weighted by Crippen LogP contribution is -2.45. The minimum Gasteiger partial charge on any atom is -0.393 e. The summed E-state index contributed by atoms with van der Waals surface area (Å²) in [6, 6.07) is 19.6. The van der Waals surface area contributed by atoms with Gasteiger partial charge < -0.3 is 36.8 Å². The molecule has 8 rings (SSSR count). The quantitative estimate of drug-likeness (QED) is 0.0667. The maximum absolute atomic E-state index is 13.1. The molecule has 22 heteroatoms. The Labute approximate surface area is 448 Å². The van der Waals surface area contributed by atoms with Crippen molar-refractivity contribution in [3.63, 3.8) is 0 Å². The van der Waals surface area contributed by atoms with Gasteiger partial charge in [0.25, 0.3) is 11.8 Å². The van der Waals surface area contributed by atoms with Crippen molar-refractivity contribution in [1.29, 1.82) is 0 Å². The summed E-state index contributed by atoms with van der Waals surface area (Å²) in [5.74, 6) is -1.11. The van der Waals surface area contributed by atoms with Gasteiger partial charge in [0.15, 0.2) is 0 Å². The van der Waals surface area contributed by atoms with Gasteiger partial charge in [0.05, 0.1) is 62.2 Å². The molecule has 3 aliphatic carbocycles. The van der Waals surface area contributed by atoms with Crippen molar-refractivity contribution in [1.82, 2.24) is 20.6 Å². The van der Waals surface area contributed by atoms with Crippen molar-refractivity contribution in [3.05, 3.63) is 162 Å². The largest absolute Gasteiger partial charge is 0.417 e. The molecule has 2 amide bonds. The Hall–Kier alpha value is -4.27. The number of alkyl halides is 6. The summed E-state index contributed by atoms with van der Waals surface area (Å²) in [4.78, 5) is 33.0. The van der Waals surface area contributed by atoms with Gasteiger partial charge in [-0.15, -0.1) is 0 Å². The summed E-state index contributed by atoms with van der Waals surface area (Å²) >= 11 is 29.6. The molecular formula is C52H54Cl5F6N5O6. The number of halogens is 11. The number of rotatable bonds is 10. The molecule has 9 unspecified atom stereocenters. The van der Waals surface area contributed by atoms with Crippen LogP contribution in [0.4, 0.5) is 26.3 Å². The van der Waals surface area contributed by atoms with E-state index in [9.17, 15) is 56.4 Å². The van der Waals surface area contributed by atoms with Gasteiger partial charge in [-0.1, -0.05) is 108 Å². The van der Waals surface area contributed by atoms with E-state index in [0.717, 1.165) is 43.6 Å². The number of carbonyl (C=O) groups is 2. The molecule has 3 saturated carbocycles. The number of amides is 2. The molecule has 2 aromatic heterocycles. The molecule has 0 aliphatic heterocycles. The Bertz CT molecular complexity index is 2650. The highest BCUT2D eigenvalue weighted by Gasteiger charge is 2.47. The molecule has 0 saturated heterocycles. The molecule has 5 aromatic rings. The van der Waals surface area contributed by atoms with Crippen LogP contribution in [0.1, 0.15) is 139 Å². The first-order valence-electron chi connectivity index (χ1n) is 23.5. The van der Waals surface area contributed by atoms with Gasteiger partial charge >= 0.3 is 12.4 Å². The van der Waals surface area contributed by atoms with Crippen molar-refractivity contribution in [2.75, 3.05) is 0 Å². The fraction of sp³-hybridized carbons (Fsp3) is 0.423. The number of carbonyl (C=O) groups excluding carboxylic acids is 2. The monoisotopic (exact) mass is 1130 g/mol. The van der Waals surface area contributed by atoms with Crippen LogP contribution in [0.5, 0.6) is 0 Å². The number of aliphatic hydroxyl groups excluding tert-OH is 1. The van der Waals surface area contributed by atoms with E-state index in [1.54, 1.807) is 42.5 Å². The zero-order valence-electron chi connectivity index (χ0n) is 39.8. The minimum absolute atomic E-state index is 0.0196. The second kappa shape index (κ2) is 24.0. The van der Waals surface area contributed by atoms with E-state index < -0.39 is 91.7 Å². The van der Waals surface area contributed by atoms with Gasteiger partial charge in [0.1, 0.15) is 11.4 Å². The Morgan fingerprint density at radius 2 is 0.959 bits per heavy atom. The van der Waals surface area contributed by atoms with Crippen LogP contribution < -0.4 is 16.4 Å². The van der Waals surface area contributed by atoms with Crippen LogP contribution >= 0.6 is 58.0 Å². The SMILES string of the molecule is CC1CCC(O)(C(N)c2cccc(Cl)c2)C1.CC1CCC(O)(C(NC(=O)c2nccc(C(F)(F)F)c2Cl)c2cccc(Cl)c2)C1.O=C(NC(c1cccc(Cl)c1)C1(O)CCC(O)C1)c1nccc(C(F)(F)F)c1Cl. The smallest absolute Gasteiger partial charge is 0.393 e. The molecule has 3 aliphatic rings. The van der Waals surface area contributed by atoms with Gasteiger partial charge in [-0.05, 0) is 128 Å². The lowest BCUT2D eigenvalue weighted by Gasteiger charge is -2.34. The molecule has 2 heterocycles. The van der Waals surface area contributed by atoms with Crippen LogP contribution in [0.3, 0.4) is 0 Å². The van der Waals surface area contributed by atoms with Gasteiger partial charge in [-0.2, -0.15) is 26.3 Å². The fourth-order valence-electron chi connectivity index (χ4n) is 9.92. The summed E-state index contributed by atoms with van der Waals surface area (Å²) in [6.45, 7) is 4.14. The normalized spacial score (nSPS) is 24.9. The van der Waals surface area contributed by atoms with Crippen LogP contribution in [-0.2, 0) is 12.4 Å². The van der Waals surface area contributed by atoms with E-state index in [2.05, 4.69) is 27.5 Å². The molecule has 8 N–H and O–H groups in total. The zero-order chi connectivity index (χ0) is 54.6. The second-order valence-electron chi connectivity index (χ2n) is 19.4. The molecule has 3 fully saturated rings. The minimum atomic E-state index is -4.75. The summed E-state index contributed by atoms with van der Waals surface area (Å²) in [5, 5.41) is 47.6. The molecule has 3 aromatic carbocycles. The average molecular weight is 1140 g/mol. The van der Waals surface area contributed by atoms with E-state index in [-0.39, 0.29) is 24.8 Å². The summed E-state index contributed by atoms with van der Waals surface area (Å²) in [6.07, 6.45) is -3.85. The average Bonchev–Trinajstić information content (AvgIpc) is 4.00. The zero-order valence-corrected chi connectivity index (χ0v) is 43.6. The highest BCUT2D eigenvalue weighted by atomic mass is 35.5. The van der Waals surface area contributed by atoms with Crippen LogP contribution in [0.25, 0.3) is 0 Å². The van der Waals surface area contributed by atoms with Gasteiger partial charge in [-0.25, -0.2) is 9.97 Å². The van der Waals surface area contributed by atoms with Crippen molar-refractivity contribution in [2.45, 2.75) is 125 Å². The van der Waals surface area contributed by atoms with Crippen LogP contribution in [-0.4, -0.2) is 65.1 Å². The van der Waals surface area contributed by atoms with E-state index in [0.29, 0.717) is 63.5 Å². The molecule has 11 nitrogen and oxygen atoms in total. The van der Waals surface area contributed by atoms with Gasteiger partial charge in [-0.3, -0.25) is 9.59 Å². The van der Waals surface area contributed by atoms with E-state index in [4.69, 9.17) is 63.7 Å². The number of nitrogens with two attached hydrogens (primary N) is 1. The predicted octanol–water partition coefficient (Wildman–Crippen LogP) is 12.5. The Morgan fingerprint density at radius 1 is 0.595 bits per heavy atom. The number of aliphatic hydroxyl groups is 4. The Balaban J connectivity index is 0.000000189. The van der Waals surface area contributed by atoms with Crippen LogP contribution in [0.2, 0.25) is 25.1 Å². The highest BCUT2D eigenvalue weighted by Crippen LogP contribution is 2.46. The first kappa shape index (κ1) is 59.0. The van der Waals surface area contributed by atoms with Crippen molar-refractivity contribution in [2.24, 2.45) is 17.6 Å². The molecule has 0 spiro atoms. The maximum Gasteiger partial charge on any atom is 0.417 e. The van der Waals surface area contributed by atoms with Crippen molar-refractivity contribution >= 4 is 69.8 Å². The van der Waals surface area contributed by atoms with Crippen LogP contribution in [0, 0.1) is 11.8 Å². The molecule has 400 valence electrons. The summed E-state index contributed by atoms with van der Waals surface area (Å²) in [5.41, 5.74) is 1.01. The number of nitrogens with one attached hydrogen (secondary N) is 2. The topological polar surface area (TPSA) is 191 Å². The first-order chi connectivity index (χ1) is 34.5. The number of nitrogens with zero attached hydrogens (tertiary/aromatic N) is 2. The number of benzene rings is 3. The number of pyridine rings is 2. The third-order valence-corrected chi connectivity index (χ3v) is 15.1. The highest BCUT2D eigenvalue weighted by molar-refractivity contribution is 6.35. The predicted molar refractivity (Wildman–Crippen MR) is 271 cm³/mol. The summed E-state index contributed by atoms with van der Waals surface area (Å²) < 4.78 is 78.6. The first-order valence-corrected chi connectivity index (χ1v) is 25.3. The third kappa shape index (κ3) is 14.4. The maximum atomic E-state index is 13.1. The molecule has 0 bridgehead atoms. The van der Waals surface area contributed by atoms with Gasteiger partial charge in [0, 0.05) is 33.9 Å². The van der Waals surface area contributed by atoms with E-state index in [1.807, 2.05) is 31.2 Å².